The van der Waals surface area contributed by atoms with E-state index in [9.17, 15) is 5.11 Å². The molecule has 1 aromatic carbocycles. The Kier molecular flexibility index (Phi) is 4.57. The molecular weight excluding hydrogens is 234 g/mol. The maximum atomic E-state index is 10.0. The topological polar surface area (TPSA) is 41.5 Å². The minimum absolute atomic E-state index is 0.271. The van der Waals surface area contributed by atoms with Crippen molar-refractivity contribution in [2.24, 2.45) is 0 Å². The predicted molar refractivity (Wildman–Crippen MR) is 71.8 cm³/mol. The van der Waals surface area contributed by atoms with Crippen LogP contribution in [0.2, 0.25) is 0 Å². The summed E-state index contributed by atoms with van der Waals surface area (Å²) in [5, 5.41) is 13.5. The summed E-state index contributed by atoms with van der Waals surface area (Å²) in [6.07, 6.45) is 1.22. The second kappa shape index (κ2) is 6.17. The molecule has 17 heavy (non-hydrogen) atoms. The van der Waals surface area contributed by atoms with Gasteiger partial charge in [0, 0.05) is 23.9 Å². The van der Waals surface area contributed by atoms with Gasteiger partial charge in [-0.3, -0.25) is 0 Å². The Bertz CT molecular complexity index is 364. The molecule has 0 spiro atoms. The first-order valence-corrected chi connectivity index (χ1v) is 7.21. The lowest BCUT2D eigenvalue weighted by Crippen LogP contribution is -2.27. The Hall–Kier alpha value is -0.870. The molecular formula is C13H19NO2S. The van der Waals surface area contributed by atoms with Gasteiger partial charge >= 0.3 is 0 Å². The van der Waals surface area contributed by atoms with E-state index in [0.717, 1.165) is 5.56 Å². The Morgan fingerprint density at radius 2 is 2.41 bits per heavy atom. The van der Waals surface area contributed by atoms with Crippen molar-refractivity contribution in [2.75, 3.05) is 18.1 Å². The van der Waals surface area contributed by atoms with Gasteiger partial charge in [-0.1, -0.05) is 12.1 Å². The highest BCUT2D eigenvalue weighted by Gasteiger charge is 2.15. The summed E-state index contributed by atoms with van der Waals surface area (Å²) in [7, 11) is 0. The molecule has 0 radical (unpaired) electrons. The Labute approximate surface area is 107 Å². The first kappa shape index (κ1) is 12.6. The van der Waals surface area contributed by atoms with Crippen LogP contribution in [0.25, 0.3) is 0 Å². The summed E-state index contributed by atoms with van der Waals surface area (Å²) in [6.45, 7) is 3.20. The molecule has 1 saturated heterocycles. The number of nitrogens with one attached hydrogen (secondary N) is 1. The summed E-state index contributed by atoms with van der Waals surface area (Å²) in [5.41, 5.74) is 0.910. The number of hydrogen-bond donors (Lipinski definition) is 2. The number of para-hydroxylation sites is 1. The van der Waals surface area contributed by atoms with E-state index in [1.54, 1.807) is 6.07 Å². The van der Waals surface area contributed by atoms with Crippen molar-refractivity contribution < 1.29 is 9.84 Å². The van der Waals surface area contributed by atoms with Gasteiger partial charge in [-0.15, -0.1) is 0 Å². The number of phenolic OH excluding ortho intramolecular Hbond substituents is 1. The van der Waals surface area contributed by atoms with E-state index in [2.05, 4.69) is 5.32 Å². The summed E-state index contributed by atoms with van der Waals surface area (Å²) < 4.78 is 5.37. The molecule has 0 aromatic heterocycles. The smallest absolute Gasteiger partial charge is 0.162 e. The maximum absolute atomic E-state index is 10.0. The quantitative estimate of drug-likeness (QED) is 0.845. The lowest BCUT2D eigenvalue weighted by molar-refractivity contribution is 0.316. The largest absolute Gasteiger partial charge is 0.504 e. The van der Waals surface area contributed by atoms with E-state index in [-0.39, 0.29) is 5.75 Å². The van der Waals surface area contributed by atoms with Crippen molar-refractivity contribution in [3.8, 4) is 11.5 Å². The second-order valence-corrected chi connectivity index (χ2v) is 5.29. The van der Waals surface area contributed by atoms with Gasteiger partial charge in [0.25, 0.3) is 0 Å². The van der Waals surface area contributed by atoms with Gasteiger partial charge in [0.05, 0.1) is 6.61 Å². The number of phenols is 1. The van der Waals surface area contributed by atoms with E-state index in [1.165, 1.54) is 17.9 Å². The normalized spacial score (nSPS) is 19.5. The SMILES string of the molecule is CCOc1cccc(CNC2CCSC2)c1O. The van der Waals surface area contributed by atoms with Crippen molar-refractivity contribution in [2.45, 2.75) is 25.9 Å². The van der Waals surface area contributed by atoms with Crippen LogP contribution in [0.4, 0.5) is 0 Å². The van der Waals surface area contributed by atoms with Crippen molar-refractivity contribution in [3.05, 3.63) is 23.8 Å². The molecule has 1 atom stereocenters. The molecule has 0 saturated carbocycles. The molecule has 94 valence electrons. The van der Waals surface area contributed by atoms with Crippen LogP contribution >= 0.6 is 11.8 Å². The molecule has 2 N–H and O–H groups in total. The van der Waals surface area contributed by atoms with E-state index in [4.69, 9.17) is 4.74 Å². The average molecular weight is 253 g/mol. The molecule has 2 rings (SSSR count). The number of ether oxygens (including phenoxy) is 1. The first-order chi connectivity index (χ1) is 8.31. The summed E-state index contributed by atoms with van der Waals surface area (Å²) in [4.78, 5) is 0. The van der Waals surface area contributed by atoms with Crippen molar-refractivity contribution in [3.63, 3.8) is 0 Å². The molecule has 3 nitrogen and oxygen atoms in total. The number of benzene rings is 1. The highest BCUT2D eigenvalue weighted by atomic mass is 32.2. The third-order valence-electron chi connectivity index (χ3n) is 2.89. The zero-order chi connectivity index (χ0) is 12.1. The molecule has 1 aromatic rings. The van der Waals surface area contributed by atoms with Gasteiger partial charge in [-0.2, -0.15) is 11.8 Å². The molecule has 0 aliphatic carbocycles. The fraction of sp³-hybridized carbons (Fsp3) is 0.538. The zero-order valence-electron chi connectivity index (χ0n) is 10.1. The Morgan fingerprint density at radius 1 is 1.53 bits per heavy atom. The first-order valence-electron chi connectivity index (χ1n) is 6.06. The molecule has 0 amide bonds. The average Bonchev–Trinajstić information content (AvgIpc) is 2.83. The van der Waals surface area contributed by atoms with Gasteiger partial charge in [0.1, 0.15) is 0 Å². The van der Waals surface area contributed by atoms with Crippen LogP contribution in [0.1, 0.15) is 18.9 Å². The van der Waals surface area contributed by atoms with Gasteiger partial charge in [0.15, 0.2) is 11.5 Å². The van der Waals surface area contributed by atoms with Crippen LogP contribution < -0.4 is 10.1 Å². The minimum atomic E-state index is 0.271. The minimum Gasteiger partial charge on any atom is -0.504 e. The third-order valence-corrected chi connectivity index (χ3v) is 4.06. The maximum Gasteiger partial charge on any atom is 0.162 e. The van der Waals surface area contributed by atoms with Gasteiger partial charge in [-0.05, 0) is 25.2 Å². The van der Waals surface area contributed by atoms with Crippen molar-refractivity contribution in [1.82, 2.24) is 5.32 Å². The highest BCUT2D eigenvalue weighted by Crippen LogP contribution is 2.30. The third kappa shape index (κ3) is 3.30. The van der Waals surface area contributed by atoms with Crippen LogP contribution in [0.15, 0.2) is 18.2 Å². The number of aromatic hydroxyl groups is 1. The van der Waals surface area contributed by atoms with Gasteiger partial charge in [0.2, 0.25) is 0 Å². The van der Waals surface area contributed by atoms with Crippen LogP contribution in [-0.2, 0) is 6.54 Å². The standard InChI is InChI=1S/C13H19NO2S/c1-2-16-12-5-3-4-10(13(12)15)8-14-11-6-7-17-9-11/h3-5,11,14-15H,2,6-9H2,1H3. The highest BCUT2D eigenvalue weighted by molar-refractivity contribution is 7.99. The van der Waals surface area contributed by atoms with Gasteiger partial charge in [-0.25, -0.2) is 0 Å². The molecule has 1 aliphatic rings. The molecule has 0 bridgehead atoms. The van der Waals surface area contributed by atoms with Crippen molar-refractivity contribution in [1.29, 1.82) is 0 Å². The van der Waals surface area contributed by atoms with E-state index >= 15 is 0 Å². The lowest BCUT2D eigenvalue weighted by Gasteiger charge is -2.14. The molecule has 1 aliphatic heterocycles. The van der Waals surface area contributed by atoms with Gasteiger partial charge < -0.3 is 15.2 Å². The Balaban J connectivity index is 1.97. The van der Waals surface area contributed by atoms with E-state index < -0.39 is 0 Å². The molecule has 1 fully saturated rings. The zero-order valence-corrected chi connectivity index (χ0v) is 10.9. The fourth-order valence-electron chi connectivity index (χ4n) is 1.93. The fourth-order valence-corrected chi connectivity index (χ4v) is 3.12. The molecule has 1 unspecified atom stereocenters. The van der Waals surface area contributed by atoms with E-state index in [0.29, 0.717) is 24.9 Å². The lowest BCUT2D eigenvalue weighted by atomic mass is 10.1. The molecule has 4 heteroatoms. The Morgan fingerprint density at radius 3 is 3.12 bits per heavy atom. The second-order valence-electron chi connectivity index (χ2n) is 4.14. The summed E-state index contributed by atoms with van der Waals surface area (Å²) in [6, 6.07) is 6.24. The van der Waals surface area contributed by atoms with Crippen LogP contribution in [-0.4, -0.2) is 29.3 Å². The van der Waals surface area contributed by atoms with Crippen molar-refractivity contribution >= 4 is 11.8 Å². The van der Waals surface area contributed by atoms with Crippen LogP contribution in [0, 0.1) is 0 Å². The van der Waals surface area contributed by atoms with E-state index in [1.807, 2.05) is 30.8 Å². The number of hydrogen-bond acceptors (Lipinski definition) is 4. The monoisotopic (exact) mass is 253 g/mol. The summed E-state index contributed by atoms with van der Waals surface area (Å²) >= 11 is 1.98. The summed E-state index contributed by atoms with van der Waals surface area (Å²) in [5.74, 6) is 3.26. The number of thioether (sulfide) groups is 1. The predicted octanol–water partition coefficient (Wildman–Crippen LogP) is 2.39. The number of rotatable bonds is 5. The van der Waals surface area contributed by atoms with Crippen LogP contribution in [0.3, 0.4) is 0 Å². The van der Waals surface area contributed by atoms with Crippen LogP contribution in [0.5, 0.6) is 11.5 Å². The molecule has 1 heterocycles.